The Morgan fingerprint density at radius 3 is 2.70 bits per heavy atom. The summed E-state index contributed by atoms with van der Waals surface area (Å²) in [5, 5.41) is 3.44. The van der Waals surface area contributed by atoms with Crippen LogP contribution in [-0.2, 0) is 11.2 Å². The predicted molar refractivity (Wildman–Crippen MR) is 80.2 cm³/mol. The molecular formula is C17H25NO2. The molecule has 3 heteroatoms. The molecule has 20 heavy (non-hydrogen) atoms. The summed E-state index contributed by atoms with van der Waals surface area (Å²) in [6.07, 6.45) is 5.93. The highest BCUT2D eigenvalue weighted by molar-refractivity contribution is 5.27. The molecule has 1 aromatic carbocycles. The van der Waals surface area contributed by atoms with Crippen LogP contribution in [0, 0.1) is 5.92 Å². The van der Waals surface area contributed by atoms with Gasteiger partial charge in [-0.2, -0.15) is 0 Å². The van der Waals surface area contributed by atoms with Crippen molar-refractivity contribution in [2.45, 2.75) is 37.7 Å². The molecule has 0 unspecified atom stereocenters. The number of rotatable bonds is 3. The summed E-state index contributed by atoms with van der Waals surface area (Å²) in [4.78, 5) is 0. The van der Waals surface area contributed by atoms with Crippen molar-refractivity contribution in [1.29, 1.82) is 0 Å². The van der Waals surface area contributed by atoms with Gasteiger partial charge in [0.2, 0.25) is 0 Å². The van der Waals surface area contributed by atoms with Crippen molar-refractivity contribution in [3.63, 3.8) is 0 Å². The molecule has 0 aliphatic carbocycles. The Bertz CT molecular complexity index is 418. The third-order valence-corrected chi connectivity index (χ3v) is 4.79. The lowest BCUT2D eigenvalue weighted by molar-refractivity contribution is -0.113. The molecule has 1 N–H and O–H groups in total. The molecule has 2 fully saturated rings. The SMILES string of the molecule is COc1ccc(C[C@@H]2CCOC3(CCNCC3)C2)cc1. The van der Waals surface area contributed by atoms with Crippen LogP contribution in [0.1, 0.15) is 31.2 Å². The average molecular weight is 275 g/mol. The van der Waals surface area contributed by atoms with Gasteiger partial charge in [0.05, 0.1) is 12.7 Å². The lowest BCUT2D eigenvalue weighted by Crippen LogP contribution is -2.48. The van der Waals surface area contributed by atoms with Crippen LogP contribution >= 0.6 is 0 Å². The van der Waals surface area contributed by atoms with Crippen molar-refractivity contribution in [1.82, 2.24) is 5.32 Å². The number of hydrogen-bond acceptors (Lipinski definition) is 3. The van der Waals surface area contributed by atoms with Crippen molar-refractivity contribution in [3.8, 4) is 5.75 Å². The molecule has 0 aromatic heterocycles. The van der Waals surface area contributed by atoms with Crippen LogP contribution in [0.4, 0.5) is 0 Å². The quantitative estimate of drug-likeness (QED) is 0.920. The highest BCUT2D eigenvalue weighted by Crippen LogP contribution is 2.37. The van der Waals surface area contributed by atoms with Gasteiger partial charge < -0.3 is 14.8 Å². The molecule has 2 heterocycles. The Morgan fingerprint density at radius 2 is 2.00 bits per heavy atom. The van der Waals surface area contributed by atoms with Crippen LogP contribution < -0.4 is 10.1 Å². The Morgan fingerprint density at radius 1 is 1.25 bits per heavy atom. The van der Waals surface area contributed by atoms with Crippen molar-refractivity contribution in [3.05, 3.63) is 29.8 Å². The Hall–Kier alpha value is -1.06. The summed E-state index contributed by atoms with van der Waals surface area (Å²) in [6, 6.07) is 8.52. The van der Waals surface area contributed by atoms with Gasteiger partial charge in [0, 0.05) is 6.61 Å². The van der Waals surface area contributed by atoms with Gasteiger partial charge in [-0.3, -0.25) is 0 Å². The first-order valence-electron chi connectivity index (χ1n) is 7.77. The zero-order chi connectivity index (χ0) is 13.8. The molecule has 2 aliphatic rings. The maximum atomic E-state index is 6.15. The Labute approximate surface area is 121 Å². The van der Waals surface area contributed by atoms with E-state index in [1.165, 1.54) is 37.7 Å². The highest BCUT2D eigenvalue weighted by Gasteiger charge is 2.38. The van der Waals surface area contributed by atoms with E-state index in [2.05, 4.69) is 29.6 Å². The normalized spacial score (nSPS) is 25.6. The number of methoxy groups -OCH3 is 1. The first kappa shape index (κ1) is 13.9. The summed E-state index contributed by atoms with van der Waals surface area (Å²) < 4.78 is 11.4. The Kier molecular flexibility index (Phi) is 4.27. The third-order valence-electron chi connectivity index (χ3n) is 4.79. The second-order valence-corrected chi connectivity index (χ2v) is 6.19. The zero-order valence-electron chi connectivity index (χ0n) is 12.4. The van der Waals surface area contributed by atoms with Gasteiger partial charge in [0.15, 0.2) is 0 Å². The van der Waals surface area contributed by atoms with Crippen LogP contribution in [0.25, 0.3) is 0 Å². The summed E-state index contributed by atoms with van der Waals surface area (Å²) in [6.45, 7) is 3.14. The van der Waals surface area contributed by atoms with E-state index in [-0.39, 0.29) is 5.60 Å². The predicted octanol–water partition coefficient (Wildman–Crippen LogP) is 2.79. The number of benzene rings is 1. The van der Waals surface area contributed by atoms with Crippen molar-refractivity contribution >= 4 is 0 Å². The van der Waals surface area contributed by atoms with E-state index in [4.69, 9.17) is 9.47 Å². The molecule has 110 valence electrons. The van der Waals surface area contributed by atoms with Crippen molar-refractivity contribution in [2.75, 3.05) is 26.8 Å². The second kappa shape index (κ2) is 6.15. The highest BCUT2D eigenvalue weighted by atomic mass is 16.5. The third kappa shape index (κ3) is 3.15. The molecule has 0 bridgehead atoms. The van der Waals surface area contributed by atoms with Gasteiger partial charge in [0.1, 0.15) is 5.75 Å². The van der Waals surface area contributed by atoms with E-state index in [0.29, 0.717) is 0 Å². The minimum atomic E-state index is 0.167. The van der Waals surface area contributed by atoms with Gasteiger partial charge in [-0.1, -0.05) is 12.1 Å². The fraction of sp³-hybridized carbons (Fsp3) is 0.647. The van der Waals surface area contributed by atoms with E-state index in [1.807, 2.05) is 0 Å². The molecule has 1 aromatic rings. The summed E-state index contributed by atoms with van der Waals surface area (Å²) >= 11 is 0. The minimum absolute atomic E-state index is 0.167. The maximum absolute atomic E-state index is 6.15. The smallest absolute Gasteiger partial charge is 0.118 e. The zero-order valence-corrected chi connectivity index (χ0v) is 12.4. The van der Waals surface area contributed by atoms with Gasteiger partial charge >= 0.3 is 0 Å². The molecule has 1 spiro atoms. The lowest BCUT2D eigenvalue weighted by atomic mass is 9.78. The summed E-state index contributed by atoms with van der Waals surface area (Å²) in [5.41, 5.74) is 1.59. The van der Waals surface area contributed by atoms with Crippen molar-refractivity contribution < 1.29 is 9.47 Å². The number of ether oxygens (including phenoxy) is 2. The van der Waals surface area contributed by atoms with Crippen LogP contribution in [0.3, 0.4) is 0 Å². The average Bonchev–Trinajstić information content (AvgIpc) is 2.49. The van der Waals surface area contributed by atoms with Crippen LogP contribution in [-0.4, -0.2) is 32.4 Å². The molecule has 3 rings (SSSR count). The van der Waals surface area contributed by atoms with E-state index < -0.39 is 0 Å². The number of nitrogens with one attached hydrogen (secondary N) is 1. The molecule has 0 saturated carbocycles. The monoisotopic (exact) mass is 275 g/mol. The van der Waals surface area contributed by atoms with E-state index in [0.717, 1.165) is 31.4 Å². The standard InChI is InChI=1S/C17H25NO2/c1-19-16-4-2-14(3-5-16)12-15-6-11-20-17(13-15)7-9-18-10-8-17/h2-5,15,18H,6-13H2,1H3/t15-/m0/s1. The summed E-state index contributed by atoms with van der Waals surface area (Å²) in [5.74, 6) is 1.70. The molecule has 1 atom stereocenters. The van der Waals surface area contributed by atoms with E-state index >= 15 is 0 Å². The largest absolute Gasteiger partial charge is 0.497 e. The van der Waals surface area contributed by atoms with Crippen molar-refractivity contribution in [2.24, 2.45) is 5.92 Å². The second-order valence-electron chi connectivity index (χ2n) is 6.19. The molecule has 2 saturated heterocycles. The van der Waals surface area contributed by atoms with E-state index in [1.54, 1.807) is 7.11 Å². The van der Waals surface area contributed by atoms with E-state index in [9.17, 15) is 0 Å². The number of piperidine rings is 1. The van der Waals surface area contributed by atoms with Crippen LogP contribution in [0.5, 0.6) is 5.75 Å². The van der Waals surface area contributed by atoms with Crippen LogP contribution in [0.15, 0.2) is 24.3 Å². The lowest BCUT2D eigenvalue weighted by Gasteiger charge is -2.43. The van der Waals surface area contributed by atoms with Crippen LogP contribution in [0.2, 0.25) is 0 Å². The first-order valence-corrected chi connectivity index (χ1v) is 7.77. The van der Waals surface area contributed by atoms with Gasteiger partial charge in [-0.25, -0.2) is 0 Å². The Balaban J connectivity index is 1.61. The van der Waals surface area contributed by atoms with Gasteiger partial charge in [-0.15, -0.1) is 0 Å². The molecule has 0 amide bonds. The van der Waals surface area contributed by atoms with Gasteiger partial charge in [-0.05, 0) is 68.8 Å². The fourth-order valence-electron chi connectivity index (χ4n) is 3.63. The molecule has 2 aliphatic heterocycles. The molecule has 0 radical (unpaired) electrons. The fourth-order valence-corrected chi connectivity index (χ4v) is 3.63. The summed E-state index contributed by atoms with van der Waals surface area (Å²) in [7, 11) is 1.72. The maximum Gasteiger partial charge on any atom is 0.118 e. The van der Waals surface area contributed by atoms with Gasteiger partial charge in [0.25, 0.3) is 0 Å². The molecule has 3 nitrogen and oxygen atoms in total. The first-order chi connectivity index (χ1) is 9.80. The topological polar surface area (TPSA) is 30.5 Å². The molecular weight excluding hydrogens is 250 g/mol. The number of hydrogen-bond donors (Lipinski definition) is 1. The minimum Gasteiger partial charge on any atom is -0.497 e.